The number of pyridine rings is 1. The number of aromatic nitrogens is 4. The summed E-state index contributed by atoms with van der Waals surface area (Å²) >= 11 is 12.5. The highest BCUT2D eigenvalue weighted by Crippen LogP contribution is 2.29. The fourth-order valence-electron chi connectivity index (χ4n) is 5.66. The molecule has 0 aliphatic carbocycles. The molecule has 2 aromatic carbocycles. The number of aryl methyl sites for hydroxylation is 1. The molecule has 1 fully saturated rings. The second-order valence-corrected chi connectivity index (χ2v) is 11.7. The van der Waals surface area contributed by atoms with Crippen molar-refractivity contribution in [3.05, 3.63) is 99.8 Å². The van der Waals surface area contributed by atoms with E-state index in [1.54, 1.807) is 30.1 Å². The van der Waals surface area contributed by atoms with Gasteiger partial charge in [-0.1, -0.05) is 41.4 Å². The first-order chi connectivity index (χ1) is 20.9. The van der Waals surface area contributed by atoms with Gasteiger partial charge in [0.25, 0.3) is 5.91 Å². The number of piperazine rings is 1. The van der Waals surface area contributed by atoms with Gasteiger partial charge in [0.1, 0.15) is 12.4 Å². The largest absolute Gasteiger partial charge is 0.369 e. The molecule has 1 N–H and O–H groups in total. The number of carbonyl (C=O) groups is 2. The van der Waals surface area contributed by atoms with E-state index in [1.807, 2.05) is 24.5 Å². The molecule has 12 heteroatoms. The van der Waals surface area contributed by atoms with Gasteiger partial charge in [-0.05, 0) is 54.3 Å². The molecule has 0 radical (unpaired) electrons. The lowest BCUT2D eigenvalue weighted by Gasteiger charge is -2.36. The van der Waals surface area contributed by atoms with Crippen molar-refractivity contribution in [1.29, 1.82) is 0 Å². The number of likely N-dealkylation sites (N-methyl/N-ethyl adjacent to an activating group) is 1. The van der Waals surface area contributed by atoms with E-state index in [2.05, 4.69) is 48.4 Å². The average Bonchev–Trinajstić information content (AvgIpc) is 3.46. The molecule has 0 spiro atoms. The maximum atomic E-state index is 13.5. The van der Waals surface area contributed by atoms with Crippen molar-refractivity contribution in [1.82, 2.24) is 30.0 Å². The molecule has 43 heavy (non-hydrogen) atoms. The van der Waals surface area contributed by atoms with E-state index in [0.717, 1.165) is 49.5 Å². The first-order valence-electron chi connectivity index (χ1n) is 14.3. The van der Waals surface area contributed by atoms with Gasteiger partial charge < -0.3 is 15.1 Å². The number of amides is 2. The summed E-state index contributed by atoms with van der Waals surface area (Å²) in [7, 11) is 1.77. The Morgan fingerprint density at radius 2 is 1.74 bits per heavy atom. The summed E-state index contributed by atoms with van der Waals surface area (Å²) in [6.45, 7) is 4.90. The van der Waals surface area contributed by atoms with Crippen molar-refractivity contribution in [2.24, 2.45) is 0 Å². The highest BCUT2D eigenvalue weighted by atomic mass is 35.5. The lowest BCUT2D eigenvalue weighted by atomic mass is 10.0. The first-order valence-corrected chi connectivity index (χ1v) is 15.0. The molecule has 1 saturated heterocycles. The van der Waals surface area contributed by atoms with Crippen molar-refractivity contribution < 1.29 is 9.59 Å². The van der Waals surface area contributed by atoms with Crippen LogP contribution in [0.15, 0.2) is 67.3 Å². The van der Waals surface area contributed by atoms with Crippen LogP contribution < -0.4 is 15.1 Å². The minimum atomic E-state index is -0.695. The molecule has 0 bridgehead atoms. The van der Waals surface area contributed by atoms with Crippen LogP contribution in [-0.4, -0.2) is 75.7 Å². The van der Waals surface area contributed by atoms with Crippen LogP contribution in [0.2, 0.25) is 10.0 Å². The quantitative estimate of drug-likeness (QED) is 0.333. The Hall–Kier alpha value is -3.99. The van der Waals surface area contributed by atoms with Crippen LogP contribution in [0, 0.1) is 0 Å². The SMILES string of the molecule is CN1C(=O)C(NC(=O)c2ncn(Cc3c(Cl)cccc3Cl)n2)CCc2ccc(CN3CCN(c4ccncc4)CC3)cc21. The maximum absolute atomic E-state index is 13.5. The van der Waals surface area contributed by atoms with Crippen molar-refractivity contribution in [2.75, 3.05) is 43.0 Å². The Labute approximate surface area is 260 Å². The van der Waals surface area contributed by atoms with E-state index in [-0.39, 0.29) is 18.3 Å². The summed E-state index contributed by atoms with van der Waals surface area (Å²) in [5.74, 6) is -0.697. The molecule has 4 aromatic rings. The monoisotopic (exact) mass is 618 g/mol. The number of halogens is 2. The fraction of sp³-hybridized carbons (Fsp3) is 0.323. The maximum Gasteiger partial charge on any atom is 0.291 e. The van der Waals surface area contributed by atoms with Crippen LogP contribution in [-0.2, 0) is 24.3 Å². The lowest BCUT2D eigenvalue weighted by molar-refractivity contribution is -0.120. The molecule has 2 aliphatic rings. The van der Waals surface area contributed by atoms with Gasteiger partial charge in [-0.2, -0.15) is 0 Å². The average molecular weight is 620 g/mol. The number of rotatable bonds is 7. The van der Waals surface area contributed by atoms with Crippen molar-refractivity contribution in [3.63, 3.8) is 0 Å². The van der Waals surface area contributed by atoms with Gasteiger partial charge in [0, 0.05) is 79.1 Å². The number of fused-ring (bicyclic) bond motifs is 1. The highest BCUT2D eigenvalue weighted by molar-refractivity contribution is 6.36. The van der Waals surface area contributed by atoms with E-state index in [0.29, 0.717) is 28.5 Å². The van der Waals surface area contributed by atoms with E-state index < -0.39 is 11.9 Å². The zero-order valence-electron chi connectivity index (χ0n) is 23.8. The molecular weight excluding hydrogens is 587 g/mol. The summed E-state index contributed by atoms with van der Waals surface area (Å²) in [5.41, 5.74) is 5.01. The summed E-state index contributed by atoms with van der Waals surface area (Å²) in [6.07, 6.45) is 6.25. The van der Waals surface area contributed by atoms with Crippen LogP contribution >= 0.6 is 23.2 Å². The summed E-state index contributed by atoms with van der Waals surface area (Å²) in [6, 6.07) is 15.0. The number of nitrogens with one attached hydrogen (secondary N) is 1. The summed E-state index contributed by atoms with van der Waals surface area (Å²) in [4.78, 5) is 41.3. The van der Waals surface area contributed by atoms with Gasteiger partial charge in [0.15, 0.2) is 0 Å². The molecule has 6 rings (SSSR count). The van der Waals surface area contributed by atoms with Gasteiger partial charge in [-0.3, -0.25) is 19.5 Å². The van der Waals surface area contributed by atoms with Gasteiger partial charge in [-0.25, -0.2) is 9.67 Å². The van der Waals surface area contributed by atoms with Gasteiger partial charge in [0.05, 0.1) is 6.54 Å². The van der Waals surface area contributed by atoms with Gasteiger partial charge >= 0.3 is 0 Å². The minimum Gasteiger partial charge on any atom is -0.369 e. The molecule has 0 saturated carbocycles. The zero-order valence-corrected chi connectivity index (χ0v) is 25.3. The third kappa shape index (κ3) is 6.51. The third-order valence-electron chi connectivity index (χ3n) is 8.08. The molecule has 10 nitrogen and oxygen atoms in total. The second kappa shape index (κ2) is 12.7. The van der Waals surface area contributed by atoms with Crippen LogP contribution in [0.25, 0.3) is 0 Å². The zero-order chi connectivity index (χ0) is 29.9. The van der Waals surface area contributed by atoms with Gasteiger partial charge in [0.2, 0.25) is 11.7 Å². The number of carbonyl (C=O) groups excluding carboxylic acids is 2. The fourth-order valence-corrected chi connectivity index (χ4v) is 6.18. The number of anilines is 2. The van der Waals surface area contributed by atoms with E-state index in [1.165, 1.54) is 16.7 Å². The van der Waals surface area contributed by atoms with Crippen LogP contribution in [0.1, 0.15) is 33.7 Å². The minimum absolute atomic E-state index is 0.0216. The Morgan fingerprint density at radius 1 is 1.00 bits per heavy atom. The molecule has 1 atom stereocenters. The van der Waals surface area contributed by atoms with Crippen molar-refractivity contribution >= 4 is 46.4 Å². The topological polar surface area (TPSA) is 99.5 Å². The predicted octanol–water partition coefficient (Wildman–Crippen LogP) is 4.06. The molecule has 222 valence electrons. The van der Waals surface area contributed by atoms with E-state index in [4.69, 9.17) is 23.2 Å². The first kappa shape index (κ1) is 29.1. The van der Waals surface area contributed by atoms with Crippen LogP contribution in [0.4, 0.5) is 11.4 Å². The molecule has 2 aromatic heterocycles. The molecule has 4 heterocycles. The highest BCUT2D eigenvalue weighted by Gasteiger charge is 2.31. The van der Waals surface area contributed by atoms with E-state index in [9.17, 15) is 9.59 Å². The van der Waals surface area contributed by atoms with Crippen LogP contribution in [0.3, 0.4) is 0 Å². The molecule has 2 aliphatic heterocycles. The number of benzene rings is 2. The Bertz CT molecular complexity index is 1600. The molecular formula is C31H32Cl2N8O2. The Kier molecular flexibility index (Phi) is 8.60. The van der Waals surface area contributed by atoms with E-state index >= 15 is 0 Å². The molecule has 1 unspecified atom stereocenters. The van der Waals surface area contributed by atoms with Crippen LogP contribution in [0.5, 0.6) is 0 Å². The Balaban J connectivity index is 1.07. The number of hydrogen-bond donors (Lipinski definition) is 1. The number of hydrogen-bond acceptors (Lipinski definition) is 7. The summed E-state index contributed by atoms with van der Waals surface area (Å²) < 4.78 is 1.50. The lowest BCUT2D eigenvalue weighted by Crippen LogP contribution is -2.47. The second-order valence-electron chi connectivity index (χ2n) is 10.9. The predicted molar refractivity (Wildman–Crippen MR) is 167 cm³/mol. The van der Waals surface area contributed by atoms with Crippen molar-refractivity contribution in [2.45, 2.75) is 32.0 Å². The Morgan fingerprint density at radius 3 is 2.49 bits per heavy atom. The third-order valence-corrected chi connectivity index (χ3v) is 8.78. The van der Waals surface area contributed by atoms with Gasteiger partial charge in [-0.15, -0.1) is 5.10 Å². The standard InChI is InChI=1S/C31H32Cl2N8O2/c1-38-28-17-21(18-39-13-15-40(16-14-39)23-9-11-34-12-10-23)5-6-22(28)7-8-27(31(38)43)36-30(42)29-35-20-41(37-29)19-24-25(32)3-2-4-26(24)33/h2-6,9-12,17,20,27H,7-8,13-16,18-19H2,1H3,(H,36,42). The normalized spacial score (nSPS) is 17.5. The number of nitrogens with zero attached hydrogens (tertiary/aromatic N) is 7. The molecule has 2 amide bonds. The summed E-state index contributed by atoms with van der Waals surface area (Å²) in [5, 5.41) is 8.15. The van der Waals surface area contributed by atoms with Crippen molar-refractivity contribution in [3.8, 4) is 0 Å². The smallest absolute Gasteiger partial charge is 0.291 e.